The summed E-state index contributed by atoms with van der Waals surface area (Å²) in [6.07, 6.45) is 0.696. The number of aryl methyl sites for hydroxylation is 2. The van der Waals surface area contributed by atoms with Crippen LogP contribution in [-0.4, -0.2) is 19.0 Å². The van der Waals surface area contributed by atoms with Gasteiger partial charge in [0, 0.05) is 5.56 Å². The monoisotopic (exact) mass is 282 g/mol. The van der Waals surface area contributed by atoms with Crippen LogP contribution in [0, 0.1) is 0 Å². The number of carbonyl (C=O) groups is 2. The quantitative estimate of drug-likeness (QED) is 0.595. The van der Waals surface area contributed by atoms with Crippen LogP contribution in [0.5, 0.6) is 5.75 Å². The molecule has 0 unspecified atom stereocenters. The van der Waals surface area contributed by atoms with E-state index in [1.807, 2.05) is 30.3 Å². The van der Waals surface area contributed by atoms with Gasteiger partial charge in [-0.2, -0.15) is 0 Å². The molecule has 3 rings (SSSR count). The lowest BCUT2D eigenvalue weighted by atomic mass is 9.98. The highest BCUT2D eigenvalue weighted by atomic mass is 16.7. The number of fused-ring (bicyclic) bond motifs is 2. The zero-order valence-corrected chi connectivity index (χ0v) is 11.6. The zero-order chi connectivity index (χ0) is 14.8. The van der Waals surface area contributed by atoms with Crippen LogP contribution in [0.2, 0.25) is 0 Å². The molecule has 0 atom stereocenters. The van der Waals surface area contributed by atoms with Gasteiger partial charge in [-0.1, -0.05) is 36.4 Å². The van der Waals surface area contributed by atoms with Gasteiger partial charge in [0.2, 0.25) is 0 Å². The number of carbonyl (C=O) groups excluding carboxylic acids is 2. The number of methoxy groups -OCH3 is 1. The third kappa shape index (κ3) is 2.40. The number of rotatable bonds is 1. The molecule has 0 saturated heterocycles. The molecular formula is C17H14O4. The van der Waals surface area contributed by atoms with Crippen molar-refractivity contribution in [2.75, 3.05) is 7.11 Å². The average molecular weight is 282 g/mol. The Bertz CT molecular complexity index is 718. The van der Waals surface area contributed by atoms with Gasteiger partial charge in [-0.3, -0.25) is 4.79 Å². The second kappa shape index (κ2) is 5.40. The van der Waals surface area contributed by atoms with Crippen molar-refractivity contribution in [2.24, 2.45) is 0 Å². The van der Waals surface area contributed by atoms with Gasteiger partial charge in [0.25, 0.3) is 0 Å². The van der Waals surface area contributed by atoms with Gasteiger partial charge in [0.05, 0.1) is 12.7 Å². The summed E-state index contributed by atoms with van der Waals surface area (Å²) in [6.45, 7) is 0. The number of hydrogen-bond acceptors (Lipinski definition) is 4. The maximum Gasteiger partial charge on any atom is 0.513 e. The minimum atomic E-state index is -0.825. The van der Waals surface area contributed by atoms with Gasteiger partial charge in [0.1, 0.15) is 5.75 Å². The van der Waals surface area contributed by atoms with Crippen LogP contribution >= 0.6 is 0 Å². The molecule has 4 heteroatoms. The van der Waals surface area contributed by atoms with Crippen molar-refractivity contribution < 1.29 is 19.1 Å². The minimum absolute atomic E-state index is 0.113. The smallest absolute Gasteiger partial charge is 0.437 e. The van der Waals surface area contributed by atoms with Gasteiger partial charge < -0.3 is 9.47 Å². The van der Waals surface area contributed by atoms with E-state index in [-0.39, 0.29) is 11.5 Å². The lowest BCUT2D eigenvalue weighted by Gasteiger charge is -2.11. The first-order chi connectivity index (χ1) is 10.2. The Kier molecular flexibility index (Phi) is 3.44. The van der Waals surface area contributed by atoms with Crippen LogP contribution in [-0.2, 0) is 17.6 Å². The first-order valence-electron chi connectivity index (χ1n) is 6.71. The van der Waals surface area contributed by atoms with Crippen molar-refractivity contribution in [3.63, 3.8) is 0 Å². The second-order valence-corrected chi connectivity index (χ2v) is 4.83. The molecule has 0 radical (unpaired) electrons. The van der Waals surface area contributed by atoms with E-state index in [0.29, 0.717) is 11.1 Å². The molecule has 2 aromatic carbocycles. The van der Waals surface area contributed by atoms with Crippen molar-refractivity contribution >= 4 is 11.9 Å². The topological polar surface area (TPSA) is 52.6 Å². The molecule has 106 valence electrons. The van der Waals surface area contributed by atoms with E-state index in [1.165, 1.54) is 7.11 Å². The molecule has 2 aromatic rings. The summed E-state index contributed by atoms with van der Waals surface area (Å²) in [6, 6.07) is 12.8. The van der Waals surface area contributed by atoms with Crippen LogP contribution < -0.4 is 4.74 Å². The molecule has 0 bridgehead atoms. The highest BCUT2D eigenvalue weighted by Gasteiger charge is 2.25. The Hall–Kier alpha value is -2.62. The SMILES string of the molecule is COC(=O)Oc1cccc2c1C(=O)c1ccccc1CC2. The van der Waals surface area contributed by atoms with Crippen LogP contribution in [0.3, 0.4) is 0 Å². The highest BCUT2D eigenvalue weighted by Crippen LogP contribution is 2.31. The number of hydrogen-bond donors (Lipinski definition) is 0. The fraction of sp³-hybridized carbons (Fsp3) is 0.176. The van der Waals surface area contributed by atoms with E-state index < -0.39 is 6.16 Å². The highest BCUT2D eigenvalue weighted by molar-refractivity contribution is 6.13. The Morgan fingerprint density at radius 3 is 2.52 bits per heavy atom. The third-order valence-corrected chi connectivity index (χ3v) is 3.63. The molecule has 0 spiro atoms. The van der Waals surface area contributed by atoms with Crippen LogP contribution in [0.4, 0.5) is 4.79 Å². The summed E-state index contributed by atoms with van der Waals surface area (Å²) in [5.74, 6) is 0.138. The molecule has 1 aliphatic rings. The summed E-state index contributed by atoms with van der Waals surface area (Å²) < 4.78 is 9.63. The predicted molar refractivity (Wildman–Crippen MR) is 76.8 cm³/mol. The number of ketones is 1. The fourth-order valence-corrected chi connectivity index (χ4v) is 2.62. The normalized spacial score (nSPS) is 12.9. The Balaban J connectivity index is 2.12. The van der Waals surface area contributed by atoms with Crippen LogP contribution in [0.25, 0.3) is 0 Å². The van der Waals surface area contributed by atoms with Crippen LogP contribution in [0.1, 0.15) is 27.0 Å². The molecule has 0 N–H and O–H groups in total. The standard InChI is InChI=1S/C17H14O4/c1-20-17(19)21-14-8-4-6-12-10-9-11-5-2-3-7-13(11)16(18)15(12)14/h2-8H,9-10H2,1H3. The molecule has 0 aliphatic heterocycles. The Morgan fingerprint density at radius 1 is 1.00 bits per heavy atom. The van der Waals surface area contributed by atoms with Gasteiger partial charge in [0.15, 0.2) is 5.78 Å². The van der Waals surface area contributed by atoms with Gasteiger partial charge in [-0.05, 0) is 30.0 Å². The Morgan fingerprint density at radius 2 is 1.71 bits per heavy atom. The molecule has 0 fully saturated rings. The minimum Gasteiger partial charge on any atom is -0.437 e. The van der Waals surface area contributed by atoms with Gasteiger partial charge in [-0.25, -0.2) is 4.79 Å². The molecular weight excluding hydrogens is 268 g/mol. The summed E-state index contributed by atoms with van der Waals surface area (Å²) >= 11 is 0. The van der Waals surface area contributed by atoms with Crippen molar-refractivity contribution in [1.82, 2.24) is 0 Å². The largest absolute Gasteiger partial charge is 0.513 e. The first kappa shape index (κ1) is 13.4. The van der Waals surface area contributed by atoms with E-state index in [1.54, 1.807) is 12.1 Å². The maximum absolute atomic E-state index is 12.8. The fourth-order valence-electron chi connectivity index (χ4n) is 2.62. The molecule has 0 heterocycles. The second-order valence-electron chi connectivity index (χ2n) is 4.83. The molecule has 1 aliphatic carbocycles. The number of ether oxygens (including phenoxy) is 2. The van der Waals surface area contributed by atoms with Gasteiger partial charge >= 0.3 is 6.16 Å². The molecule has 0 aromatic heterocycles. The van der Waals surface area contributed by atoms with Crippen molar-refractivity contribution in [3.05, 3.63) is 64.7 Å². The van der Waals surface area contributed by atoms with E-state index in [0.717, 1.165) is 24.0 Å². The van der Waals surface area contributed by atoms with E-state index >= 15 is 0 Å². The van der Waals surface area contributed by atoms with E-state index in [9.17, 15) is 9.59 Å². The van der Waals surface area contributed by atoms with Crippen molar-refractivity contribution in [1.29, 1.82) is 0 Å². The first-order valence-corrected chi connectivity index (χ1v) is 6.71. The number of benzene rings is 2. The zero-order valence-electron chi connectivity index (χ0n) is 11.6. The lowest BCUT2D eigenvalue weighted by molar-refractivity contribution is 0.103. The van der Waals surface area contributed by atoms with Crippen LogP contribution in [0.15, 0.2) is 42.5 Å². The van der Waals surface area contributed by atoms with E-state index in [4.69, 9.17) is 4.74 Å². The summed E-state index contributed by atoms with van der Waals surface area (Å²) in [7, 11) is 1.24. The molecule has 0 saturated carbocycles. The van der Waals surface area contributed by atoms with Gasteiger partial charge in [-0.15, -0.1) is 0 Å². The summed E-state index contributed by atoms with van der Waals surface area (Å²) in [5.41, 5.74) is 3.02. The molecule has 21 heavy (non-hydrogen) atoms. The average Bonchev–Trinajstić information content (AvgIpc) is 2.66. The third-order valence-electron chi connectivity index (χ3n) is 3.63. The molecule has 0 amide bonds. The van der Waals surface area contributed by atoms with E-state index in [2.05, 4.69) is 4.74 Å². The maximum atomic E-state index is 12.8. The summed E-state index contributed by atoms with van der Waals surface area (Å²) in [5, 5.41) is 0. The van der Waals surface area contributed by atoms with Crippen molar-refractivity contribution in [3.8, 4) is 5.75 Å². The summed E-state index contributed by atoms with van der Waals surface area (Å²) in [4.78, 5) is 24.1. The molecule has 4 nitrogen and oxygen atoms in total. The lowest BCUT2D eigenvalue weighted by Crippen LogP contribution is -2.12. The predicted octanol–water partition coefficient (Wildman–Crippen LogP) is 3.16. The van der Waals surface area contributed by atoms with Crippen molar-refractivity contribution in [2.45, 2.75) is 12.8 Å². The Labute approximate surface area is 122 Å².